The summed E-state index contributed by atoms with van der Waals surface area (Å²) >= 11 is 11.9. The van der Waals surface area contributed by atoms with Crippen molar-refractivity contribution in [3.63, 3.8) is 0 Å². The van der Waals surface area contributed by atoms with Crippen LogP contribution in [0.25, 0.3) is 0 Å². The van der Waals surface area contributed by atoms with Gasteiger partial charge in [0.2, 0.25) is 5.91 Å². The smallest absolute Gasteiger partial charge is 0.226 e. The van der Waals surface area contributed by atoms with Crippen LogP contribution in [0.2, 0.25) is 0 Å². The number of rotatable bonds is 3. The molecule has 0 atom stereocenters. The predicted octanol–water partition coefficient (Wildman–Crippen LogP) is 2.60. The molecule has 3 nitrogen and oxygen atoms in total. The molecule has 1 fully saturated rings. The number of halogens is 2. The normalized spacial score (nSPS) is 18.5. The molecule has 1 aliphatic rings. The Morgan fingerprint density at radius 2 is 2.00 bits per heavy atom. The van der Waals surface area contributed by atoms with Gasteiger partial charge in [0.05, 0.1) is 20.1 Å². The first-order chi connectivity index (χ1) is 8.00. The second-order valence-corrected chi connectivity index (χ2v) is 5.77. The van der Waals surface area contributed by atoms with E-state index < -0.39 is 4.33 Å². The van der Waals surface area contributed by atoms with E-state index >= 15 is 0 Å². The highest BCUT2D eigenvalue weighted by Gasteiger charge is 2.39. The summed E-state index contributed by atoms with van der Waals surface area (Å²) < 4.78 is 4.13. The van der Waals surface area contributed by atoms with E-state index in [4.69, 9.17) is 27.9 Å². The van der Waals surface area contributed by atoms with Crippen molar-refractivity contribution < 1.29 is 9.53 Å². The number of amides is 1. The van der Waals surface area contributed by atoms with E-state index in [2.05, 4.69) is 0 Å². The number of likely N-dealkylation sites (tertiary alicyclic amines) is 1. The van der Waals surface area contributed by atoms with Crippen molar-refractivity contribution in [3.05, 3.63) is 29.8 Å². The monoisotopic (exact) mass is 273 g/mol. The molecule has 0 spiro atoms. The molecular formula is C12H13Cl2NO2. The Morgan fingerprint density at radius 1 is 1.35 bits per heavy atom. The number of carbonyl (C=O) groups is 1. The molecule has 0 aliphatic carbocycles. The van der Waals surface area contributed by atoms with Gasteiger partial charge < -0.3 is 9.64 Å². The number of benzene rings is 1. The van der Waals surface area contributed by atoms with Crippen molar-refractivity contribution in [2.24, 2.45) is 0 Å². The van der Waals surface area contributed by atoms with E-state index in [1.807, 2.05) is 24.3 Å². The lowest BCUT2D eigenvalue weighted by Crippen LogP contribution is -2.26. The maximum atomic E-state index is 11.6. The molecule has 2 rings (SSSR count). The highest BCUT2D eigenvalue weighted by Crippen LogP contribution is 2.33. The van der Waals surface area contributed by atoms with Crippen molar-refractivity contribution in [1.82, 2.24) is 4.90 Å². The Morgan fingerprint density at radius 3 is 2.47 bits per heavy atom. The van der Waals surface area contributed by atoms with Crippen molar-refractivity contribution in [1.29, 1.82) is 0 Å². The summed E-state index contributed by atoms with van der Waals surface area (Å²) in [5, 5.41) is 0. The Bertz CT molecular complexity index is 417. The molecule has 0 unspecified atom stereocenters. The molecule has 0 N–H and O–H groups in total. The van der Waals surface area contributed by atoms with Crippen LogP contribution in [-0.2, 0) is 11.3 Å². The summed E-state index contributed by atoms with van der Waals surface area (Å²) in [4.78, 5) is 13.3. The lowest BCUT2D eigenvalue weighted by atomic mass is 10.2. The van der Waals surface area contributed by atoms with Crippen molar-refractivity contribution in [2.75, 3.05) is 13.7 Å². The number of alkyl halides is 2. The lowest BCUT2D eigenvalue weighted by Gasteiger charge is -2.17. The van der Waals surface area contributed by atoms with Crippen molar-refractivity contribution in [2.45, 2.75) is 17.3 Å². The molecule has 0 aromatic heterocycles. The van der Waals surface area contributed by atoms with Gasteiger partial charge in [-0.05, 0) is 17.7 Å². The molecule has 1 aromatic rings. The topological polar surface area (TPSA) is 29.5 Å². The largest absolute Gasteiger partial charge is 0.497 e. The van der Waals surface area contributed by atoms with Gasteiger partial charge in [0.25, 0.3) is 0 Å². The van der Waals surface area contributed by atoms with Gasteiger partial charge in [0, 0.05) is 6.54 Å². The zero-order valence-corrected chi connectivity index (χ0v) is 11.0. The van der Waals surface area contributed by atoms with Gasteiger partial charge in [0.1, 0.15) is 10.1 Å². The molecule has 1 aromatic carbocycles. The summed E-state index contributed by atoms with van der Waals surface area (Å²) in [5.74, 6) is 0.788. The zero-order valence-electron chi connectivity index (χ0n) is 9.45. The van der Waals surface area contributed by atoms with Gasteiger partial charge in [-0.1, -0.05) is 35.3 Å². The fraction of sp³-hybridized carbons (Fsp3) is 0.417. The molecule has 5 heteroatoms. The highest BCUT2D eigenvalue weighted by molar-refractivity contribution is 6.50. The fourth-order valence-electron chi connectivity index (χ4n) is 1.85. The Kier molecular flexibility index (Phi) is 3.50. The first-order valence-electron chi connectivity index (χ1n) is 5.29. The highest BCUT2D eigenvalue weighted by atomic mass is 35.5. The molecule has 92 valence electrons. The van der Waals surface area contributed by atoms with Crippen LogP contribution in [0.5, 0.6) is 5.75 Å². The minimum absolute atomic E-state index is 0.00850. The molecule has 1 heterocycles. The minimum Gasteiger partial charge on any atom is -0.497 e. The number of carbonyl (C=O) groups excluding carboxylic acids is 1. The number of nitrogens with zero attached hydrogens (tertiary/aromatic N) is 1. The van der Waals surface area contributed by atoms with Gasteiger partial charge in [-0.2, -0.15) is 0 Å². The third-order valence-corrected chi connectivity index (χ3v) is 3.22. The standard InChI is InChI=1S/C12H13Cl2NO2/c1-17-10-4-2-9(3-5-10)7-15-8-12(13,14)6-11(15)16/h2-5H,6-8H2,1H3. The van der Waals surface area contributed by atoms with Crippen LogP contribution < -0.4 is 4.74 Å². The van der Waals surface area contributed by atoms with Crippen LogP contribution in [-0.4, -0.2) is 28.8 Å². The Labute approximate surface area is 110 Å². The molecule has 0 radical (unpaired) electrons. The summed E-state index contributed by atoms with van der Waals surface area (Å²) in [7, 11) is 1.62. The van der Waals surface area contributed by atoms with Crippen LogP contribution >= 0.6 is 23.2 Å². The minimum atomic E-state index is -0.941. The van der Waals surface area contributed by atoms with Crippen LogP contribution in [0.4, 0.5) is 0 Å². The zero-order chi connectivity index (χ0) is 12.5. The predicted molar refractivity (Wildman–Crippen MR) is 67.5 cm³/mol. The maximum Gasteiger partial charge on any atom is 0.226 e. The summed E-state index contributed by atoms with van der Waals surface area (Å²) in [6.07, 6.45) is 0.187. The van der Waals surface area contributed by atoms with E-state index in [0.717, 1.165) is 11.3 Å². The third-order valence-electron chi connectivity index (χ3n) is 2.72. The summed E-state index contributed by atoms with van der Waals surface area (Å²) in [5.41, 5.74) is 1.03. The average molecular weight is 274 g/mol. The van der Waals surface area contributed by atoms with Gasteiger partial charge in [-0.15, -0.1) is 0 Å². The van der Waals surface area contributed by atoms with E-state index in [-0.39, 0.29) is 12.3 Å². The molecule has 17 heavy (non-hydrogen) atoms. The van der Waals surface area contributed by atoms with Crippen LogP contribution in [0, 0.1) is 0 Å². The maximum absolute atomic E-state index is 11.6. The molecule has 1 aliphatic heterocycles. The number of methoxy groups -OCH3 is 1. The van der Waals surface area contributed by atoms with Gasteiger partial charge in [0.15, 0.2) is 0 Å². The lowest BCUT2D eigenvalue weighted by molar-refractivity contribution is -0.128. The SMILES string of the molecule is COc1ccc(CN2CC(Cl)(Cl)CC2=O)cc1. The Balaban J connectivity index is 2.03. The first-order valence-corrected chi connectivity index (χ1v) is 6.04. The van der Waals surface area contributed by atoms with Crippen LogP contribution in [0.1, 0.15) is 12.0 Å². The van der Waals surface area contributed by atoms with Crippen LogP contribution in [0.3, 0.4) is 0 Å². The van der Waals surface area contributed by atoms with Crippen molar-refractivity contribution >= 4 is 29.1 Å². The van der Waals surface area contributed by atoms with Gasteiger partial charge in [-0.25, -0.2) is 0 Å². The van der Waals surface area contributed by atoms with Gasteiger partial charge in [-0.3, -0.25) is 4.79 Å². The van der Waals surface area contributed by atoms with E-state index in [0.29, 0.717) is 13.1 Å². The molecule has 1 saturated heterocycles. The fourth-order valence-corrected chi connectivity index (χ4v) is 2.37. The molecule has 0 bridgehead atoms. The van der Waals surface area contributed by atoms with E-state index in [9.17, 15) is 4.79 Å². The molecule has 1 amide bonds. The quantitative estimate of drug-likeness (QED) is 0.793. The first kappa shape index (κ1) is 12.5. The van der Waals surface area contributed by atoms with Crippen molar-refractivity contribution in [3.8, 4) is 5.75 Å². The second kappa shape index (κ2) is 4.75. The Hall–Kier alpha value is -0.930. The van der Waals surface area contributed by atoms with Crippen LogP contribution in [0.15, 0.2) is 24.3 Å². The summed E-state index contributed by atoms with van der Waals surface area (Å²) in [6.45, 7) is 0.908. The number of ether oxygens (including phenoxy) is 1. The average Bonchev–Trinajstić information content (AvgIpc) is 2.53. The van der Waals surface area contributed by atoms with E-state index in [1.165, 1.54) is 0 Å². The molecule has 0 saturated carbocycles. The molecular weight excluding hydrogens is 261 g/mol. The second-order valence-electron chi connectivity index (χ2n) is 4.13. The van der Waals surface area contributed by atoms with E-state index in [1.54, 1.807) is 12.0 Å². The third kappa shape index (κ3) is 3.05. The summed E-state index contributed by atoms with van der Waals surface area (Å²) in [6, 6.07) is 7.58. The number of hydrogen-bond donors (Lipinski definition) is 0. The number of hydrogen-bond acceptors (Lipinski definition) is 2. The van der Waals surface area contributed by atoms with Gasteiger partial charge >= 0.3 is 0 Å².